The van der Waals surface area contributed by atoms with Crippen molar-refractivity contribution in [3.63, 3.8) is 0 Å². The van der Waals surface area contributed by atoms with E-state index in [9.17, 15) is 4.39 Å². The molecular formula is C9H6BrFO2. The zero-order valence-electron chi connectivity index (χ0n) is 6.80. The average Bonchev–Trinajstić information content (AvgIpc) is 2.46. The van der Waals surface area contributed by atoms with Gasteiger partial charge in [0.2, 0.25) is 0 Å². The van der Waals surface area contributed by atoms with Crippen LogP contribution in [0.1, 0.15) is 0 Å². The summed E-state index contributed by atoms with van der Waals surface area (Å²) in [6, 6.07) is 2.90. The number of ether oxygens (including phenoxy) is 1. The third-order valence-corrected chi connectivity index (χ3v) is 2.41. The van der Waals surface area contributed by atoms with E-state index in [1.165, 1.54) is 19.4 Å². The van der Waals surface area contributed by atoms with Crippen LogP contribution in [-0.4, -0.2) is 7.11 Å². The molecule has 1 aromatic heterocycles. The maximum absolute atomic E-state index is 13.1. The topological polar surface area (TPSA) is 22.4 Å². The van der Waals surface area contributed by atoms with Crippen LogP contribution < -0.4 is 4.74 Å². The molecule has 0 aliphatic rings. The fourth-order valence-corrected chi connectivity index (χ4v) is 1.56. The summed E-state index contributed by atoms with van der Waals surface area (Å²) < 4.78 is 23.8. The van der Waals surface area contributed by atoms with E-state index in [0.717, 1.165) is 9.86 Å². The number of furan rings is 1. The summed E-state index contributed by atoms with van der Waals surface area (Å²) >= 11 is 3.28. The van der Waals surface area contributed by atoms with Crippen molar-refractivity contribution in [2.75, 3.05) is 7.11 Å². The molecule has 1 heterocycles. The first-order valence-electron chi connectivity index (χ1n) is 3.62. The lowest BCUT2D eigenvalue weighted by Gasteiger charge is -2.00. The predicted octanol–water partition coefficient (Wildman–Crippen LogP) is 3.34. The van der Waals surface area contributed by atoms with Gasteiger partial charge in [-0.05, 0) is 22.0 Å². The summed E-state index contributed by atoms with van der Waals surface area (Å²) in [6.07, 6.45) is 1.52. The van der Waals surface area contributed by atoms with Gasteiger partial charge in [-0.1, -0.05) is 0 Å². The van der Waals surface area contributed by atoms with Crippen LogP contribution in [0, 0.1) is 5.82 Å². The van der Waals surface area contributed by atoms with Gasteiger partial charge in [0.05, 0.1) is 11.6 Å². The first-order valence-corrected chi connectivity index (χ1v) is 4.42. The zero-order valence-corrected chi connectivity index (χ0v) is 8.39. The van der Waals surface area contributed by atoms with Gasteiger partial charge in [0.15, 0.2) is 11.6 Å². The van der Waals surface area contributed by atoms with Gasteiger partial charge < -0.3 is 9.15 Å². The third kappa shape index (κ3) is 1.31. The van der Waals surface area contributed by atoms with Crippen molar-refractivity contribution in [1.82, 2.24) is 0 Å². The lowest BCUT2D eigenvalue weighted by molar-refractivity contribution is 0.387. The standard InChI is InChI=1S/C9H6BrFO2/c1-12-9-2-5-6(10)4-13-8(5)3-7(9)11/h2-4H,1H3. The fourth-order valence-electron chi connectivity index (χ4n) is 1.15. The SMILES string of the molecule is COc1cc2c(Br)coc2cc1F. The Labute approximate surface area is 82.4 Å². The van der Waals surface area contributed by atoms with E-state index in [2.05, 4.69) is 15.9 Å². The maximum atomic E-state index is 13.1. The normalized spacial score (nSPS) is 10.7. The molecule has 0 radical (unpaired) electrons. The number of benzene rings is 1. The smallest absolute Gasteiger partial charge is 0.168 e. The molecule has 2 nitrogen and oxygen atoms in total. The second kappa shape index (κ2) is 3.03. The van der Waals surface area contributed by atoms with Gasteiger partial charge in [-0.25, -0.2) is 4.39 Å². The van der Waals surface area contributed by atoms with E-state index in [1.54, 1.807) is 6.07 Å². The highest BCUT2D eigenvalue weighted by Gasteiger charge is 2.09. The van der Waals surface area contributed by atoms with Crippen LogP contribution in [-0.2, 0) is 0 Å². The summed E-state index contributed by atoms with van der Waals surface area (Å²) in [5, 5.41) is 0.804. The van der Waals surface area contributed by atoms with Crippen molar-refractivity contribution in [3.8, 4) is 5.75 Å². The second-order valence-electron chi connectivity index (χ2n) is 2.57. The van der Waals surface area contributed by atoms with Crippen LogP contribution in [0.3, 0.4) is 0 Å². The van der Waals surface area contributed by atoms with E-state index in [0.29, 0.717) is 5.58 Å². The summed E-state index contributed by atoms with van der Waals surface area (Å²) in [5.74, 6) is -0.202. The summed E-state index contributed by atoms with van der Waals surface area (Å²) in [6.45, 7) is 0. The maximum Gasteiger partial charge on any atom is 0.168 e. The fraction of sp³-hybridized carbons (Fsp3) is 0.111. The van der Waals surface area contributed by atoms with E-state index in [1.807, 2.05) is 0 Å². The predicted molar refractivity (Wildman–Crippen MR) is 50.4 cm³/mol. The van der Waals surface area contributed by atoms with Crippen LogP contribution in [0.5, 0.6) is 5.75 Å². The van der Waals surface area contributed by atoms with Crippen LogP contribution in [0.25, 0.3) is 11.0 Å². The Bertz CT molecular complexity index is 450. The minimum Gasteiger partial charge on any atom is -0.494 e. The number of hydrogen-bond donors (Lipinski definition) is 0. The van der Waals surface area contributed by atoms with Crippen LogP contribution in [0.4, 0.5) is 4.39 Å². The lowest BCUT2D eigenvalue weighted by Crippen LogP contribution is -1.86. The molecule has 0 amide bonds. The van der Waals surface area contributed by atoms with Crippen molar-refractivity contribution in [2.45, 2.75) is 0 Å². The number of hydrogen-bond acceptors (Lipinski definition) is 2. The van der Waals surface area contributed by atoms with Gasteiger partial charge in [-0.15, -0.1) is 0 Å². The lowest BCUT2D eigenvalue weighted by atomic mass is 10.2. The number of halogens is 2. The Morgan fingerprint density at radius 1 is 1.46 bits per heavy atom. The summed E-state index contributed by atoms with van der Waals surface area (Å²) in [7, 11) is 1.43. The quantitative estimate of drug-likeness (QED) is 0.768. The van der Waals surface area contributed by atoms with Crippen molar-refractivity contribution >= 4 is 26.9 Å². The molecule has 0 fully saturated rings. The van der Waals surface area contributed by atoms with Crippen molar-refractivity contribution in [2.24, 2.45) is 0 Å². The van der Waals surface area contributed by atoms with E-state index in [-0.39, 0.29) is 5.75 Å². The average molecular weight is 245 g/mol. The highest BCUT2D eigenvalue weighted by atomic mass is 79.9. The van der Waals surface area contributed by atoms with E-state index < -0.39 is 5.82 Å². The van der Waals surface area contributed by atoms with Crippen molar-refractivity contribution in [3.05, 3.63) is 28.7 Å². The molecule has 0 atom stereocenters. The Morgan fingerprint density at radius 2 is 2.23 bits per heavy atom. The molecule has 0 aliphatic heterocycles. The Morgan fingerprint density at radius 3 is 2.92 bits per heavy atom. The molecule has 0 unspecified atom stereocenters. The van der Waals surface area contributed by atoms with Gasteiger partial charge >= 0.3 is 0 Å². The highest BCUT2D eigenvalue weighted by Crippen LogP contribution is 2.31. The monoisotopic (exact) mass is 244 g/mol. The summed E-state index contributed by atoms with van der Waals surface area (Å²) in [5.41, 5.74) is 0.505. The van der Waals surface area contributed by atoms with Gasteiger partial charge in [0.1, 0.15) is 11.8 Å². The molecule has 2 rings (SSSR count). The number of methoxy groups -OCH3 is 1. The van der Waals surface area contributed by atoms with Gasteiger partial charge in [0, 0.05) is 11.5 Å². The highest BCUT2D eigenvalue weighted by molar-refractivity contribution is 9.10. The molecular weight excluding hydrogens is 239 g/mol. The minimum absolute atomic E-state index is 0.217. The Kier molecular flexibility index (Phi) is 2.00. The van der Waals surface area contributed by atoms with E-state index in [4.69, 9.17) is 9.15 Å². The van der Waals surface area contributed by atoms with Crippen LogP contribution in [0.15, 0.2) is 27.3 Å². The minimum atomic E-state index is -0.420. The molecule has 0 bridgehead atoms. The molecule has 1 aromatic carbocycles. The summed E-state index contributed by atoms with van der Waals surface area (Å²) in [4.78, 5) is 0. The van der Waals surface area contributed by atoms with Crippen molar-refractivity contribution in [1.29, 1.82) is 0 Å². The van der Waals surface area contributed by atoms with Crippen molar-refractivity contribution < 1.29 is 13.5 Å². The molecule has 0 saturated heterocycles. The first kappa shape index (κ1) is 8.56. The molecule has 0 aliphatic carbocycles. The molecule has 4 heteroatoms. The largest absolute Gasteiger partial charge is 0.494 e. The van der Waals surface area contributed by atoms with E-state index >= 15 is 0 Å². The zero-order chi connectivity index (χ0) is 9.42. The molecule has 0 spiro atoms. The number of rotatable bonds is 1. The molecule has 0 saturated carbocycles. The van der Waals surface area contributed by atoms with Gasteiger partial charge in [-0.3, -0.25) is 0 Å². The first-order chi connectivity index (χ1) is 6.22. The van der Waals surface area contributed by atoms with Gasteiger partial charge in [-0.2, -0.15) is 0 Å². The van der Waals surface area contributed by atoms with Crippen LogP contribution >= 0.6 is 15.9 Å². The Balaban J connectivity index is 2.77. The number of fused-ring (bicyclic) bond motifs is 1. The van der Waals surface area contributed by atoms with Crippen LogP contribution in [0.2, 0.25) is 0 Å². The second-order valence-corrected chi connectivity index (χ2v) is 3.42. The van der Waals surface area contributed by atoms with Gasteiger partial charge in [0.25, 0.3) is 0 Å². The Hall–Kier alpha value is -1.03. The molecule has 13 heavy (non-hydrogen) atoms. The molecule has 2 aromatic rings. The third-order valence-electron chi connectivity index (χ3n) is 1.80. The molecule has 68 valence electrons. The molecule has 0 N–H and O–H groups in total.